The van der Waals surface area contributed by atoms with Gasteiger partial charge in [0, 0.05) is 11.9 Å². The number of carbonyl (C=O) groups excluding carboxylic acids is 1. The maximum atomic E-state index is 12.2. The second kappa shape index (κ2) is 6.86. The summed E-state index contributed by atoms with van der Waals surface area (Å²) in [4.78, 5) is 12.2. The zero-order valence-electron chi connectivity index (χ0n) is 11.6. The molecule has 118 valence electrons. The maximum absolute atomic E-state index is 12.2. The summed E-state index contributed by atoms with van der Waals surface area (Å²) in [6.07, 6.45) is 3.32. The molecule has 0 radical (unpaired) electrons. The fourth-order valence-electron chi connectivity index (χ4n) is 2.01. The van der Waals surface area contributed by atoms with Crippen molar-refractivity contribution in [2.45, 2.75) is 6.54 Å². The minimum absolute atomic E-state index is 0.279. The van der Waals surface area contributed by atoms with Gasteiger partial charge < -0.3 is 5.32 Å². The van der Waals surface area contributed by atoms with Crippen molar-refractivity contribution in [2.24, 2.45) is 0 Å². The first-order valence-electron chi connectivity index (χ1n) is 6.50. The van der Waals surface area contributed by atoms with Crippen LogP contribution in [0.3, 0.4) is 0 Å². The van der Waals surface area contributed by atoms with E-state index in [4.69, 9.17) is 11.6 Å². The summed E-state index contributed by atoms with van der Waals surface area (Å²) >= 11 is 12.4. The molecule has 1 aromatic carbocycles. The molecule has 9 heteroatoms. The Balaban J connectivity index is 1.74. The average Bonchev–Trinajstić information content (AvgIpc) is 3.06. The molecule has 0 spiro atoms. The predicted octanol–water partition coefficient (Wildman–Crippen LogP) is 4.09. The Kier molecular flexibility index (Phi) is 4.84. The number of nitrogens with zero attached hydrogens (tertiary/aromatic N) is 3. The molecule has 1 amide bonds. The number of aromatic amines is 1. The highest BCUT2D eigenvalue weighted by atomic mass is 79.9. The second-order valence-corrected chi connectivity index (χ2v) is 6.73. The van der Waals surface area contributed by atoms with E-state index in [0.29, 0.717) is 26.3 Å². The van der Waals surface area contributed by atoms with Gasteiger partial charge in [-0.15, -0.1) is 0 Å². The predicted molar refractivity (Wildman–Crippen MR) is 94.7 cm³/mol. The first kappa shape index (κ1) is 16.2. The minimum Gasteiger partial charge on any atom is -0.321 e. The minimum atomic E-state index is -0.307. The molecule has 0 saturated carbocycles. The Hall–Kier alpha value is -1.64. The van der Waals surface area contributed by atoms with Crippen molar-refractivity contribution in [3.8, 4) is 0 Å². The molecule has 6 nitrogen and oxygen atoms in total. The van der Waals surface area contributed by atoms with E-state index in [1.807, 2.05) is 24.3 Å². The molecule has 2 N–H and O–H groups in total. The van der Waals surface area contributed by atoms with Crippen LogP contribution in [0.15, 0.2) is 45.7 Å². The third-order valence-electron chi connectivity index (χ3n) is 3.01. The number of anilines is 1. The molecule has 0 aliphatic heterocycles. The lowest BCUT2D eigenvalue weighted by atomic mass is 10.2. The first-order valence-corrected chi connectivity index (χ1v) is 8.47. The van der Waals surface area contributed by atoms with Crippen LogP contribution in [0.1, 0.15) is 16.1 Å². The summed E-state index contributed by atoms with van der Waals surface area (Å²) in [5, 5.41) is 14.2. The van der Waals surface area contributed by atoms with Crippen LogP contribution in [0, 0.1) is 0 Å². The molecular weight excluding hydrogens is 449 g/mol. The van der Waals surface area contributed by atoms with Crippen LogP contribution in [-0.4, -0.2) is 25.9 Å². The van der Waals surface area contributed by atoms with Crippen LogP contribution in [0.2, 0.25) is 5.02 Å². The van der Waals surface area contributed by atoms with Crippen LogP contribution in [0.4, 0.5) is 5.69 Å². The lowest BCUT2D eigenvalue weighted by Gasteiger charge is -2.07. The Labute approximate surface area is 153 Å². The molecule has 0 fully saturated rings. The highest BCUT2D eigenvalue weighted by Crippen LogP contribution is 2.24. The largest absolute Gasteiger partial charge is 0.321 e. The third kappa shape index (κ3) is 3.82. The van der Waals surface area contributed by atoms with E-state index in [-0.39, 0.29) is 11.6 Å². The van der Waals surface area contributed by atoms with Crippen molar-refractivity contribution in [3.63, 3.8) is 0 Å². The molecule has 3 rings (SSSR count). The van der Waals surface area contributed by atoms with Crippen LogP contribution in [-0.2, 0) is 6.54 Å². The van der Waals surface area contributed by atoms with Gasteiger partial charge in [-0.1, -0.05) is 23.7 Å². The van der Waals surface area contributed by atoms with E-state index in [9.17, 15) is 4.79 Å². The molecular formula is C14H10Br2ClN5O. The summed E-state index contributed by atoms with van der Waals surface area (Å²) in [5.41, 5.74) is 1.95. The number of H-pyrrole nitrogens is 1. The lowest BCUT2D eigenvalue weighted by molar-refractivity contribution is 0.102. The normalized spacial score (nSPS) is 10.7. The summed E-state index contributed by atoms with van der Waals surface area (Å²) in [6, 6.07) is 7.51. The number of aromatic nitrogens is 4. The van der Waals surface area contributed by atoms with Gasteiger partial charge in [-0.3, -0.25) is 14.6 Å². The van der Waals surface area contributed by atoms with Crippen molar-refractivity contribution in [2.75, 3.05) is 5.32 Å². The molecule has 0 aliphatic carbocycles. The number of hydrogen-bond acceptors (Lipinski definition) is 3. The Morgan fingerprint density at radius 2 is 2.22 bits per heavy atom. The molecule has 3 aromatic rings. The summed E-state index contributed by atoms with van der Waals surface area (Å²) < 4.78 is 2.93. The van der Waals surface area contributed by atoms with Crippen LogP contribution < -0.4 is 5.32 Å². The van der Waals surface area contributed by atoms with Gasteiger partial charge in [-0.25, -0.2) is 0 Å². The number of amides is 1. The number of rotatable bonds is 4. The molecule has 2 aromatic heterocycles. The number of halogens is 3. The fraction of sp³-hybridized carbons (Fsp3) is 0.0714. The van der Waals surface area contributed by atoms with Gasteiger partial charge in [0.25, 0.3) is 5.91 Å². The average molecular weight is 460 g/mol. The summed E-state index contributed by atoms with van der Waals surface area (Å²) in [6.45, 7) is 0.564. The van der Waals surface area contributed by atoms with Crippen molar-refractivity contribution >= 4 is 55.1 Å². The fourth-order valence-corrected chi connectivity index (χ4v) is 2.80. The SMILES string of the molecule is O=C(Nc1cccc(Cn2cc(Cl)cn2)c1)c1n[nH]c(Br)c1Br. The highest BCUT2D eigenvalue weighted by Gasteiger charge is 2.16. The molecule has 0 atom stereocenters. The number of nitrogens with one attached hydrogen (secondary N) is 2. The Morgan fingerprint density at radius 3 is 2.87 bits per heavy atom. The van der Waals surface area contributed by atoms with Gasteiger partial charge in [0.1, 0.15) is 4.60 Å². The number of benzene rings is 1. The molecule has 0 aliphatic rings. The van der Waals surface area contributed by atoms with Crippen molar-refractivity contribution < 1.29 is 4.79 Å². The van der Waals surface area contributed by atoms with E-state index in [1.54, 1.807) is 17.1 Å². The monoisotopic (exact) mass is 457 g/mol. The topological polar surface area (TPSA) is 75.6 Å². The highest BCUT2D eigenvalue weighted by molar-refractivity contribution is 9.13. The second-order valence-electron chi connectivity index (χ2n) is 4.71. The maximum Gasteiger partial charge on any atom is 0.277 e. The van der Waals surface area contributed by atoms with E-state index in [2.05, 4.69) is 52.5 Å². The molecule has 2 heterocycles. The quantitative estimate of drug-likeness (QED) is 0.617. The number of hydrogen-bond donors (Lipinski definition) is 2. The molecule has 0 bridgehead atoms. The standard InChI is InChI=1S/C14H10Br2ClN5O/c15-11-12(20-21-13(11)16)14(23)19-10-3-1-2-8(4-10)6-22-7-9(17)5-18-22/h1-5,7H,6H2,(H,19,23)(H,20,21). The van der Waals surface area contributed by atoms with Crippen molar-refractivity contribution in [1.29, 1.82) is 0 Å². The van der Waals surface area contributed by atoms with Crippen LogP contribution >= 0.6 is 43.5 Å². The van der Waals surface area contributed by atoms with Crippen molar-refractivity contribution in [3.05, 3.63) is 62.0 Å². The third-order valence-corrected chi connectivity index (χ3v) is 5.09. The zero-order valence-corrected chi connectivity index (χ0v) is 15.5. The Morgan fingerprint density at radius 1 is 1.39 bits per heavy atom. The van der Waals surface area contributed by atoms with E-state index >= 15 is 0 Å². The molecule has 0 unspecified atom stereocenters. The smallest absolute Gasteiger partial charge is 0.277 e. The summed E-state index contributed by atoms with van der Waals surface area (Å²) in [5.74, 6) is -0.307. The number of carbonyl (C=O) groups is 1. The Bertz CT molecular complexity index is 860. The van der Waals surface area contributed by atoms with E-state index in [1.165, 1.54) is 0 Å². The van der Waals surface area contributed by atoms with Gasteiger partial charge in [0.2, 0.25) is 0 Å². The van der Waals surface area contributed by atoms with Gasteiger partial charge in [-0.2, -0.15) is 10.2 Å². The van der Waals surface area contributed by atoms with Gasteiger partial charge in [0.15, 0.2) is 5.69 Å². The first-order chi connectivity index (χ1) is 11.0. The van der Waals surface area contributed by atoms with E-state index < -0.39 is 0 Å². The van der Waals surface area contributed by atoms with Crippen molar-refractivity contribution in [1.82, 2.24) is 20.0 Å². The molecule has 23 heavy (non-hydrogen) atoms. The van der Waals surface area contributed by atoms with Crippen LogP contribution in [0.25, 0.3) is 0 Å². The summed E-state index contributed by atoms with van der Waals surface area (Å²) in [7, 11) is 0. The zero-order chi connectivity index (χ0) is 16.4. The lowest BCUT2D eigenvalue weighted by Crippen LogP contribution is -2.13. The van der Waals surface area contributed by atoms with E-state index in [0.717, 1.165) is 5.56 Å². The van der Waals surface area contributed by atoms with Gasteiger partial charge >= 0.3 is 0 Å². The van der Waals surface area contributed by atoms with Gasteiger partial charge in [-0.05, 0) is 49.6 Å². The van der Waals surface area contributed by atoms with Crippen LogP contribution in [0.5, 0.6) is 0 Å². The van der Waals surface area contributed by atoms with Gasteiger partial charge in [0.05, 0.1) is 22.2 Å². The molecule has 0 saturated heterocycles.